The molecule has 3 amide bonds. The van der Waals surface area contributed by atoms with E-state index >= 15 is 0 Å². The van der Waals surface area contributed by atoms with E-state index in [4.69, 9.17) is 4.74 Å². The molecule has 0 atom stereocenters. The first-order chi connectivity index (χ1) is 14.1. The molecule has 0 radical (unpaired) electrons. The van der Waals surface area contributed by atoms with Gasteiger partial charge in [0, 0.05) is 24.3 Å². The molecular weight excluding hydrogens is 389 g/mol. The molecule has 3 N–H and O–H groups in total. The summed E-state index contributed by atoms with van der Waals surface area (Å²) >= 11 is 0. The lowest BCUT2D eigenvalue weighted by Crippen LogP contribution is -2.34. The predicted molar refractivity (Wildman–Crippen MR) is 113 cm³/mol. The number of halogens is 1. The Morgan fingerprint density at radius 1 is 0.867 bits per heavy atom. The third kappa shape index (κ3) is 8.72. The molecule has 30 heavy (non-hydrogen) atoms. The van der Waals surface area contributed by atoms with Crippen molar-refractivity contribution < 1.29 is 23.5 Å². The van der Waals surface area contributed by atoms with Gasteiger partial charge in [0.2, 0.25) is 11.8 Å². The summed E-state index contributed by atoms with van der Waals surface area (Å²) in [6, 6.07) is 12.4. The largest absolute Gasteiger partial charge is 0.444 e. The summed E-state index contributed by atoms with van der Waals surface area (Å²) in [7, 11) is 0. The van der Waals surface area contributed by atoms with Crippen LogP contribution < -0.4 is 16.0 Å². The summed E-state index contributed by atoms with van der Waals surface area (Å²) in [5.74, 6) is -0.844. The fourth-order valence-corrected chi connectivity index (χ4v) is 2.45. The van der Waals surface area contributed by atoms with Gasteiger partial charge in [0.25, 0.3) is 0 Å². The van der Waals surface area contributed by atoms with Gasteiger partial charge in [0.05, 0.1) is 6.42 Å². The van der Waals surface area contributed by atoms with Gasteiger partial charge in [-0.15, -0.1) is 0 Å². The topological polar surface area (TPSA) is 96.5 Å². The highest BCUT2D eigenvalue weighted by Gasteiger charge is 2.15. The lowest BCUT2D eigenvalue weighted by atomic mass is 10.1. The summed E-state index contributed by atoms with van der Waals surface area (Å²) in [6.45, 7) is 5.43. The number of benzene rings is 2. The molecule has 160 valence electrons. The minimum Gasteiger partial charge on any atom is -0.444 e. The van der Waals surface area contributed by atoms with Crippen LogP contribution in [0.4, 0.5) is 20.6 Å². The van der Waals surface area contributed by atoms with Crippen molar-refractivity contribution in [1.29, 1.82) is 0 Å². The first kappa shape index (κ1) is 22.9. The molecule has 0 bridgehead atoms. The number of amides is 3. The van der Waals surface area contributed by atoms with E-state index in [1.165, 1.54) is 12.1 Å². The Bertz CT molecular complexity index is 875. The second-order valence-electron chi connectivity index (χ2n) is 7.66. The molecule has 2 aromatic carbocycles. The van der Waals surface area contributed by atoms with Gasteiger partial charge in [-0.2, -0.15) is 0 Å². The van der Waals surface area contributed by atoms with Gasteiger partial charge in [0.1, 0.15) is 11.4 Å². The fourth-order valence-electron chi connectivity index (χ4n) is 2.45. The first-order valence-electron chi connectivity index (χ1n) is 9.52. The maximum atomic E-state index is 12.9. The molecule has 2 rings (SSSR count). The molecule has 0 heterocycles. The summed E-state index contributed by atoms with van der Waals surface area (Å²) in [5.41, 5.74) is 1.25. The highest BCUT2D eigenvalue weighted by molar-refractivity contribution is 5.93. The van der Waals surface area contributed by atoms with Crippen LogP contribution in [0.5, 0.6) is 0 Å². The van der Waals surface area contributed by atoms with E-state index in [-0.39, 0.29) is 37.0 Å². The van der Waals surface area contributed by atoms with Crippen molar-refractivity contribution in [1.82, 2.24) is 5.32 Å². The smallest absolute Gasteiger partial charge is 0.407 e. The van der Waals surface area contributed by atoms with Crippen LogP contribution in [-0.2, 0) is 20.7 Å². The molecule has 0 aromatic heterocycles. The highest BCUT2D eigenvalue weighted by atomic mass is 19.1. The summed E-state index contributed by atoms with van der Waals surface area (Å²) in [5, 5.41) is 7.97. The van der Waals surface area contributed by atoms with Crippen molar-refractivity contribution >= 4 is 29.3 Å². The Balaban J connectivity index is 1.74. The third-order valence-electron chi connectivity index (χ3n) is 3.75. The quantitative estimate of drug-likeness (QED) is 0.640. The van der Waals surface area contributed by atoms with E-state index in [1.807, 2.05) is 0 Å². The molecule has 0 unspecified atom stereocenters. The van der Waals surface area contributed by atoms with Gasteiger partial charge in [0.15, 0.2) is 0 Å². The highest BCUT2D eigenvalue weighted by Crippen LogP contribution is 2.14. The molecule has 0 aliphatic carbocycles. The van der Waals surface area contributed by atoms with Gasteiger partial charge in [-0.3, -0.25) is 9.59 Å². The van der Waals surface area contributed by atoms with Crippen molar-refractivity contribution in [3.05, 3.63) is 59.9 Å². The van der Waals surface area contributed by atoms with E-state index in [0.29, 0.717) is 16.9 Å². The lowest BCUT2D eigenvalue weighted by molar-refractivity contribution is -0.116. The molecular formula is C22H26FN3O4. The molecule has 7 nitrogen and oxygen atoms in total. The molecule has 0 saturated carbocycles. The van der Waals surface area contributed by atoms with E-state index in [0.717, 1.165) is 0 Å². The Morgan fingerprint density at radius 2 is 1.40 bits per heavy atom. The van der Waals surface area contributed by atoms with Crippen molar-refractivity contribution in [3.63, 3.8) is 0 Å². The Kier molecular flexibility index (Phi) is 7.91. The minimum absolute atomic E-state index is 0.0927. The van der Waals surface area contributed by atoms with Crippen LogP contribution in [-0.4, -0.2) is 30.1 Å². The first-order valence-corrected chi connectivity index (χ1v) is 9.52. The second kappa shape index (κ2) is 10.4. The zero-order chi connectivity index (χ0) is 22.1. The van der Waals surface area contributed by atoms with Crippen molar-refractivity contribution in [2.45, 2.75) is 39.2 Å². The molecule has 0 spiro atoms. The molecule has 8 heteroatoms. The maximum Gasteiger partial charge on any atom is 0.407 e. The van der Waals surface area contributed by atoms with Crippen LogP contribution in [0.25, 0.3) is 0 Å². The normalized spacial score (nSPS) is 10.8. The van der Waals surface area contributed by atoms with Crippen molar-refractivity contribution in [2.75, 3.05) is 17.2 Å². The number of hydrogen-bond donors (Lipinski definition) is 3. The number of rotatable bonds is 7. The van der Waals surface area contributed by atoms with E-state index in [1.54, 1.807) is 57.2 Å². The fraction of sp³-hybridized carbons (Fsp3) is 0.318. The summed E-state index contributed by atoms with van der Waals surface area (Å²) in [4.78, 5) is 35.6. The van der Waals surface area contributed by atoms with Gasteiger partial charge < -0.3 is 20.7 Å². The van der Waals surface area contributed by atoms with Crippen LogP contribution in [0.1, 0.15) is 32.8 Å². The SMILES string of the molecule is CC(C)(C)OC(=O)NCCC(=O)Nc1ccc(NC(=O)Cc2ccc(F)cc2)cc1. The maximum absolute atomic E-state index is 12.9. The zero-order valence-corrected chi connectivity index (χ0v) is 17.3. The van der Waals surface area contributed by atoms with Gasteiger partial charge in [-0.1, -0.05) is 12.1 Å². The number of nitrogens with one attached hydrogen (secondary N) is 3. The number of ether oxygens (including phenoxy) is 1. The number of alkyl carbamates (subject to hydrolysis) is 1. The molecule has 2 aromatic rings. The van der Waals surface area contributed by atoms with Gasteiger partial charge >= 0.3 is 6.09 Å². The molecule has 0 saturated heterocycles. The Hall–Kier alpha value is -3.42. The number of hydrogen-bond acceptors (Lipinski definition) is 4. The van der Waals surface area contributed by atoms with Crippen molar-refractivity contribution in [2.24, 2.45) is 0 Å². The second-order valence-corrected chi connectivity index (χ2v) is 7.66. The van der Waals surface area contributed by atoms with E-state index in [2.05, 4.69) is 16.0 Å². The van der Waals surface area contributed by atoms with E-state index < -0.39 is 11.7 Å². The third-order valence-corrected chi connectivity index (χ3v) is 3.75. The number of carbonyl (C=O) groups excluding carboxylic acids is 3. The predicted octanol–water partition coefficient (Wildman–Crippen LogP) is 3.86. The Labute approximate surface area is 175 Å². The van der Waals surface area contributed by atoms with Gasteiger partial charge in [-0.05, 0) is 62.7 Å². The average molecular weight is 415 g/mol. The standard InChI is InChI=1S/C22H26FN3O4/c1-22(2,3)30-21(29)24-13-12-19(27)25-17-8-10-18(11-9-17)26-20(28)14-15-4-6-16(23)7-5-15/h4-11H,12-14H2,1-3H3,(H,24,29)(H,25,27)(H,26,28). The van der Waals surface area contributed by atoms with Crippen LogP contribution in [0, 0.1) is 5.82 Å². The molecule has 0 aliphatic heterocycles. The summed E-state index contributed by atoms with van der Waals surface area (Å²) in [6.07, 6.45) is -0.352. The van der Waals surface area contributed by atoms with Crippen molar-refractivity contribution in [3.8, 4) is 0 Å². The molecule has 0 fully saturated rings. The molecule has 0 aliphatic rings. The number of carbonyl (C=O) groups is 3. The van der Waals surface area contributed by atoms with Gasteiger partial charge in [-0.25, -0.2) is 9.18 Å². The average Bonchev–Trinajstić information content (AvgIpc) is 2.64. The van der Waals surface area contributed by atoms with Crippen LogP contribution in [0.3, 0.4) is 0 Å². The summed E-state index contributed by atoms with van der Waals surface area (Å²) < 4.78 is 18.0. The Morgan fingerprint density at radius 3 is 1.93 bits per heavy atom. The monoisotopic (exact) mass is 415 g/mol. The van der Waals surface area contributed by atoms with Crippen LogP contribution in [0.15, 0.2) is 48.5 Å². The van der Waals surface area contributed by atoms with Crippen LogP contribution in [0.2, 0.25) is 0 Å². The van der Waals surface area contributed by atoms with E-state index in [9.17, 15) is 18.8 Å². The number of anilines is 2. The minimum atomic E-state index is -0.595. The zero-order valence-electron chi connectivity index (χ0n) is 17.3. The lowest BCUT2D eigenvalue weighted by Gasteiger charge is -2.19. The van der Waals surface area contributed by atoms with Crippen LogP contribution >= 0.6 is 0 Å².